The molecule has 0 N–H and O–H groups in total. The Morgan fingerprint density at radius 3 is 1.34 bits per heavy atom. The van der Waals surface area contributed by atoms with Gasteiger partial charge in [-0.3, -0.25) is 0 Å². The zero-order valence-corrected chi connectivity index (χ0v) is 30.9. The molecule has 0 atom stereocenters. The van der Waals surface area contributed by atoms with Gasteiger partial charge < -0.3 is 0 Å². The van der Waals surface area contributed by atoms with Crippen molar-refractivity contribution in [2.75, 3.05) is 0 Å². The van der Waals surface area contributed by atoms with Gasteiger partial charge in [-0.15, -0.1) is 6.58 Å². The minimum absolute atomic E-state index is 0. The molecule has 0 spiro atoms. The molecule has 0 aliphatic heterocycles. The van der Waals surface area contributed by atoms with E-state index in [1.807, 2.05) is 0 Å². The third-order valence-corrected chi connectivity index (χ3v) is 14.2. The van der Waals surface area contributed by atoms with Crippen molar-refractivity contribution in [3.8, 4) is 11.1 Å². The molecule has 0 saturated heterocycles. The number of rotatable bonds is 9. The maximum atomic E-state index is 4.27. The van der Waals surface area contributed by atoms with Gasteiger partial charge in [0.15, 0.2) is 0 Å². The summed E-state index contributed by atoms with van der Waals surface area (Å²) < 4.78 is 0. The fraction of sp³-hybridized carbons (Fsp3) is 0.0213. The van der Waals surface area contributed by atoms with Gasteiger partial charge >= 0.3 is 20.4 Å². The molecular formula is C47H36P2Pd+2. The molecule has 0 aliphatic rings. The molecule has 0 fully saturated rings. The van der Waals surface area contributed by atoms with Crippen LogP contribution in [0.25, 0.3) is 32.7 Å². The van der Waals surface area contributed by atoms with Gasteiger partial charge in [0, 0.05) is 0 Å². The zero-order valence-electron chi connectivity index (χ0n) is 27.6. The molecule has 242 valence electrons. The normalized spacial score (nSPS) is 11.2. The molecule has 0 heterocycles. The molecule has 0 bridgehead atoms. The van der Waals surface area contributed by atoms with Crippen molar-refractivity contribution in [1.29, 1.82) is 0 Å². The Morgan fingerprint density at radius 1 is 0.420 bits per heavy atom. The summed E-state index contributed by atoms with van der Waals surface area (Å²) >= 11 is 0. The Bertz CT molecular complexity index is 2290. The average Bonchev–Trinajstić information content (AvgIpc) is 3.17. The molecule has 8 aromatic carbocycles. The number of hydrogen-bond donors (Lipinski definition) is 0. The van der Waals surface area contributed by atoms with Crippen molar-refractivity contribution in [1.82, 2.24) is 0 Å². The summed E-state index contributed by atoms with van der Waals surface area (Å²) in [4.78, 5) is 0. The largest absolute Gasteiger partial charge is 2.00 e. The van der Waals surface area contributed by atoms with Gasteiger partial charge in [0.05, 0.1) is 0 Å². The second kappa shape index (κ2) is 15.6. The number of benzene rings is 8. The van der Waals surface area contributed by atoms with Crippen LogP contribution in [0.3, 0.4) is 0 Å². The van der Waals surface area contributed by atoms with Gasteiger partial charge in [0.25, 0.3) is 0 Å². The summed E-state index contributed by atoms with van der Waals surface area (Å²) in [6.45, 7) is 4.27. The van der Waals surface area contributed by atoms with Gasteiger partial charge in [0.2, 0.25) is 0 Å². The molecule has 8 aromatic rings. The monoisotopic (exact) mass is 768 g/mol. The van der Waals surface area contributed by atoms with Crippen LogP contribution >= 0.6 is 15.8 Å². The van der Waals surface area contributed by atoms with Crippen LogP contribution in [0.5, 0.6) is 0 Å². The van der Waals surface area contributed by atoms with E-state index in [9.17, 15) is 0 Å². The van der Waals surface area contributed by atoms with E-state index in [1.54, 1.807) is 0 Å². The quantitative estimate of drug-likeness (QED) is 0.0780. The molecule has 0 nitrogen and oxygen atoms in total. The third kappa shape index (κ3) is 6.57. The molecule has 0 amide bonds. The summed E-state index contributed by atoms with van der Waals surface area (Å²) in [6.07, 6.45) is 2.86. The maximum Gasteiger partial charge on any atom is 2.00 e. The Morgan fingerprint density at radius 2 is 0.840 bits per heavy atom. The second-order valence-electron chi connectivity index (χ2n) is 12.2. The first-order valence-electron chi connectivity index (χ1n) is 16.8. The standard InChI is InChI=1S/C47H36P2.Pd/c1-2-19-37-34-36-21-16-18-31-43(36)46(47(37)49(40-26-11-5-12-27-40)41-28-13-6-14-29-41)45-42-30-17-15-20-35(42)32-33-44(45)48(38-22-7-3-8-23-38)39-24-9-4-10-25-39;/h2-18,20-34H,1,19H2;/q;+2. The first kappa shape index (κ1) is 34.0. The summed E-state index contributed by atoms with van der Waals surface area (Å²) in [7, 11) is -1.82. The van der Waals surface area contributed by atoms with Crippen molar-refractivity contribution < 1.29 is 20.4 Å². The second-order valence-corrected chi connectivity index (χ2v) is 16.5. The Labute approximate surface area is 311 Å². The van der Waals surface area contributed by atoms with Crippen LogP contribution in [0, 0.1) is 0 Å². The summed E-state index contributed by atoms with van der Waals surface area (Å²) in [5.41, 5.74) is 4.03. The number of fused-ring (bicyclic) bond motifs is 2. The number of allylic oxidation sites excluding steroid dienone is 1. The molecular weight excluding hydrogens is 733 g/mol. The first-order valence-corrected chi connectivity index (χ1v) is 19.5. The van der Waals surface area contributed by atoms with E-state index < -0.39 is 15.8 Å². The van der Waals surface area contributed by atoms with Gasteiger partial charge in [0.1, 0.15) is 0 Å². The smallest absolute Gasteiger partial charge is 0.103 e. The van der Waals surface area contributed by atoms with E-state index in [0.29, 0.717) is 0 Å². The number of hydrogen-bond acceptors (Lipinski definition) is 0. The molecule has 0 saturated carbocycles. The molecule has 3 heteroatoms. The van der Waals surface area contributed by atoms with Crippen LogP contribution in [0.15, 0.2) is 201 Å². The maximum absolute atomic E-state index is 4.27. The van der Waals surface area contributed by atoms with Gasteiger partial charge in [-0.05, 0) is 92.3 Å². The van der Waals surface area contributed by atoms with E-state index >= 15 is 0 Å². The van der Waals surface area contributed by atoms with E-state index in [2.05, 4.69) is 201 Å². The fourth-order valence-electron chi connectivity index (χ4n) is 7.07. The zero-order chi connectivity index (χ0) is 33.0. The average molecular weight is 769 g/mol. The van der Waals surface area contributed by atoms with E-state index in [4.69, 9.17) is 0 Å². The predicted molar refractivity (Wildman–Crippen MR) is 218 cm³/mol. The van der Waals surface area contributed by atoms with Crippen molar-refractivity contribution >= 4 is 69.2 Å². The molecule has 0 unspecified atom stereocenters. The van der Waals surface area contributed by atoms with E-state index in [-0.39, 0.29) is 20.4 Å². The third-order valence-electron chi connectivity index (χ3n) is 9.14. The van der Waals surface area contributed by atoms with Gasteiger partial charge in [-0.1, -0.05) is 194 Å². The Hall–Kier alpha value is -4.46. The van der Waals surface area contributed by atoms with Crippen molar-refractivity contribution in [2.24, 2.45) is 0 Å². The van der Waals surface area contributed by atoms with Crippen LogP contribution in [0.4, 0.5) is 0 Å². The SMILES string of the molecule is C=CCc1cc2ccccc2c(-c2c(P(c3ccccc3)c3ccccc3)ccc3ccccc23)c1P(c1ccccc1)c1ccccc1.[Pd+2]. The Balaban J connectivity index is 0.00000392. The van der Waals surface area contributed by atoms with Crippen LogP contribution in [-0.2, 0) is 26.8 Å². The topological polar surface area (TPSA) is 0 Å². The van der Waals surface area contributed by atoms with Gasteiger partial charge in [-0.2, -0.15) is 0 Å². The van der Waals surface area contributed by atoms with Crippen LogP contribution in [0.2, 0.25) is 0 Å². The van der Waals surface area contributed by atoms with E-state index in [1.165, 1.54) is 70.1 Å². The minimum atomic E-state index is -0.932. The molecule has 0 aromatic heterocycles. The first-order chi connectivity index (χ1) is 24.3. The van der Waals surface area contributed by atoms with Crippen molar-refractivity contribution in [2.45, 2.75) is 6.42 Å². The van der Waals surface area contributed by atoms with Crippen molar-refractivity contribution in [3.63, 3.8) is 0 Å². The fourth-order valence-corrected chi connectivity index (χ4v) is 12.2. The predicted octanol–water partition coefficient (Wildman–Crippen LogP) is 9.90. The summed E-state index contributed by atoms with van der Waals surface area (Å²) in [5, 5.41) is 13.3. The van der Waals surface area contributed by atoms with Crippen LogP contribution in [-0.4, -0.2) is 0 Å². The molecule has 0 radical (unpaired) electrons. The van der Waals surface area contributed by atoms with E-state index in [0.717, 1.165) is 6.42 Å². The summed E-state index contributed by atoms with van der Waals surface area (Å²) in [5.74, 6) is 0. The van der Waals surface area contributed by atoms with Crippen molar-refractivity contribution in [3.05, 3.63) is 206 Å². The van der Waals surface area contributed by atoms with Gasteiger partial charge in [-0.25, -0.2) is 0 Å². The van der Waals surface area contributed by atoms with Crippen LogP contribution in [0.1, 0.15) is 5.56 Å². The Kier molecular flexibility index (Phi) is 10.6. The molecule has 50 heavy (non-hydrogen) atoms. The summed E-state index contributed by atoms with van der Waals surface area (Å²) in [6, 6.07) is 69.7. The van der Waals surface area contributed by atoms with Crippen LogP contribution < -0.4 is 31.8 Å². The molecule has 0 aliphatic carbocycles. The minimum Gasteiger partial charge on any atom is -0.103 e. The molecule has 8 rings (SSSR count).